The largest absolute Gasteiger partial charge is 0.533 e. The highest BCUT2D eigenvalue weighted by molar-refractivity contribution is 6.05. The lowest BCUT2D eigenvalue weighted by Crippen LogP contribution is -2.32. The summed E-state index contributed by atoms with van der Waals surface area (Å²) in [5, 5.41) is 5.79. The number of fused-ring (bicyclic) bond motifs is 3. The molecule has 1 aliphatic carbocycles. The van der Waals surface area contributed by atoms with Crippen LogP contribution in [0.3, 0.4) is 0 Å². The van der Waals surface area contributed by atoms with Crippen molar-refractivity contribution >= 4 is 41.3 Å². The van der Waals surface area contributed by atoms with Crippen molar-refractivity contribution in [3.05, 3.63) is 53.1 Å². The minimum atomic E-state index is -1.20. The average molecular weight is 564 g/mol. The molecule has 0 aromatic heterocycles. The Balaban J connectivity index is 1.57. The number of ketones is 1. The monoisotopic (exact) mass is 563 g/mol. The molecule has 2 aliphatic rings. The maximum Gasteiger partial charge on any atom is 0.533 e. The number of carbonyl (C=O) groups is 6. The summed E-state index contributed by atoms with van der Waals surface area (Å²) in [7, 11) is 1.54. The third-order valence-corrected chi connectivity index (χ3v) is 7.14. The van der Waals surface area contributed by atoms with Crippen LogP contribution in [0.25, 0.3) is 11.1 Å². The minimum Gasteiger partial charge on any atom is -0.432 e. The highest BCUT2D eigenvalue weighted by Gasteiger charge is 2.36. The zero-order valence-electron chi connectivity index (χ0n) is 23.1. The van der Waals surface area contributed by atoms with Gasteiger partial charge in [-0.3, -0.25) is 28.8 Å². The summed E-state index contributed by atoms with van der Waals surface area (Å²) in [6.45, 7) is 1.83. The van der Waals surface area contributed by atoms with E-state index >= 15 is 0 Å². The Bertz CT molecular complexity index is 1370. The molecule has 2 aromatic rings. The molecule has 0 spiro atoms. The fourth-order valence-electron chi connectivity index (χ4n) is 5.04. The normalized spacial score (nSPS) is 15.3. The Labute approximate surface area is 237 Å². The Hall–Kier alpha value is -4.54. The maximum absolute atomic E-state index is 13.1. The fourth-order valence-corrected chi connectivity index (χ4v) is 5.04. The third kappa shape index (κ3) is 6.79. The van der Waals surface area contributed by atoms with Gasteiger partial charge in [-0.1, -0.05) is 42.7 Å². The van der Waals surface area contributed by atoms with Crippen LogP contribution < -0.4 is 10.6 Å². The molecule has 4 rings (SSSR count). The molecular formula is C30H33N3O8. The van der Waals surface area contributed by atoms with E-state index in [0.717, 1.165) is 35.1 Å². The van der Waals surface area contributed by atoms with Crippen LogP contribution in [0.4, 0.5) is 10.5 Å². The molecule has 1 aliphatic heterocycles. The van der Waals surface area contributed by atoms with Crippen molar-refractivity contribution in [1.82, 2.24) is 10.4 Å². The maximum atomic E-state index is 13.1. The lowest BCUT2D eigenvalue weighted by Gasteiger charge is -2.17. The molecule has 1 fully saturated rings. The molecule has 1 unspecified atom stereocenters. The molecule has 11 heteroatoms. The lowest BCUT2D eigenvalue weighted by atomic mass is 9.93. The van der Waals surface area contributed by atoms with Crippen molar-refractivity contribution in [2.24, 2.45) is 0 Å². The number of ether oxygens (including phenoxy) is 1. The van der Waals surface area contributed by atoms with Crippen molar-refractivity contribution in [3.8, 4) is 11.1 Å². The van der Waals surface area contributed by atoms with E-state index in [1.165, 1.54) is 0 Å². The Kier molecular flexibility index (Phi) is 9.49. The van der Waals surface area contributed by atoms with Gasteiger partial charge in [-0.2, -0.15) is 0 Å². The van der Waals surface area contributed by atoms with Crippen LogP contribution in [0, 0.1) is 0 Å². The van der Waals surface area contributed by atoms with Crippen molar-refractivity contribution in [1.29, 1.82) is 0 Å². The highest BCUT2D eigenvalue weighted by atomic mass is 16.8. The number of hydrogen-bond donors (Lipinski definition) is 2. The zero-order valence-corrected chi connectivity index (χ0v) is 23.1. The summed E-state index contributed by atoms with van der Waals surface area (Å²) in [6.07, 6.45) is 1.56. The summed E-state index contributed by atoms with van der Waals surface area (Å²) in [6, 6.07) is 10.8. The Morgan fingerprint density at radius 3 is 2.37 bits per heavy atom. The van der Waals surface area contributed by atoms with Gasteiger partial charge in [0.1, 0.15) is 6.61 Å². The first kappa shape index (κ1) is 29.4. The van der Waals surface area contributed by atoms with E-state index in [1.54, 1.807) is 31.3 Å². The van der Waals surface area contributed by atoms with Gasteiger partial charge in [0.15, 0.2) is 5.78 Å². The van der Waals surface area contributed by atoms with E-state index in [9.17, 15) is 28.8 Å². The molecule has 0 bridgehead atoms. The standard InChI is InChI=1S/C30H33N3O8/c1-3-4-9-24(34)21-8-5-7-19-23(17-40-30(39)41-33-27(37)14-15-28(33)38)22-16-18(12-13-20(22)29(19)21)32-26(36)11-6-10-25(35)31-2/h5,7-8,12-13,16,23H,3-4,6,9-11,14-15,17H2,1-2H3,(H,31,35)(H,32,36). The van der Waals surface area contributed by atoms with Gasteiger partial charge < -0.3 is 15.4 Å². The van der Waals surface area contributed by atoms with Crippen LogP contribution in [0.5, 0.6) is 0 Å². The fraction of sp³-hybridized carbons (Fsp3) is 0.400. The number of rotatable bonds is 12. The van der Waals surface area contributed by atoms with Gasteiger partial charge >= 0.3 is 6.16 Å². The van der Waals surface area contributed by atoms with Crippen LogP contribution in [-0.2, 0) is 28.8 Å². The van der Waals surface area contributed by atoms with Gasteiger partial charge in [-0.25, -0.2) is 4.79 Å². The molecular weight excluding hydrogens is 530 g/mol. The quantitative estimate of drug-likeness (QED) is 0.221. The topological polar surface area (TPSA) is 148 Å². The number of carbonyl (C=O) groups excluding carboxylic acids is 6. The smallest absolute Gasteiger partial charge is 0.432 e. The molecule has 1 heterocycles. The van der Waals surface area contributed by atoms with Crippen molar-refractivity contribution in [2.75, 3.05) is 19.0 Å². The first-order chi connectivity index (χ1) is 19.7. The average Bonchev–Trinajstić information content (AvgIpc) is 3.45. The number of hydrogen-bond acceptors (Lipinski definition) is 8. The Morgan fingerprint density at radius 1 is 0.927 bits per heavy atom. The van der Waals surface area contributed by atoms with Crippen molar-refractivity contribution in [3.63, 3.8) is 0 Å². The van der Waals surface area contributed by atoms with Crippen molar-refractivity contribution in [2.45, 2.75) is 64.2 Å². The zero-order chi connectivity index (χ0) is 29.5. The number of nitrogens with one attached hydrogen (secondary N) is 2. The minimum absolute atomic E-state index is 0.00943. The predicted octanol–water partition coefficient (Wildman–Crippen LogP) is 4.24. The van der Waals surface area contributed by atoms with Gasteiger partial charge in [-0.15, -0.1) is 0 Å². The van der Waals surface area contributed by atoms with Gasteiger partial charge in [-0.05, 0) is 47.2 Å². The van der Waals surface area contributed by atoms with Gasteiger partial charge in [0.2, 0.25) is 11.8 Å². The molecule has 11 nitrogen and oxygen atoms in total. The van der Waals surface area contributed by atoms with E-state index in [2.05, 4.69) is 10.6 Å². The predicted molar refractivity (Wildman–Crippen MR) is 148 cm³/mol. The molecule has 4 amide bonds. The van der Waals surface area contributed by atoms with Gasteiger partial charge in [0, 0.05) is 56.3 Å². The number of anilines is 1. The SMILES string of the molecule is CCCCC(=O)c1cccc2c1-c1ccc(NC(=O)CCCC(=O)NC)cc1C2COC(=O)ON1C(=O)CCC1=O. The third-order valence-electron chi connectivity index (χ3n) is 7.14. The molecule has 1 atom stereocenters. The first-order valence-electron chi connectivity index (χ1n) is 13.7. The van der Waals surface area contributed by atoms with Crippen molar-refractivity contribution < 1.29 is 38.3 Å². The van der Waals surface area contributed by atoms with Crippen LogP contribution in [0.1, 0.15) is 85.7 Å². The van der Waals surface area contributed by atoms with E-state index in [-0.39, 0.29) is 49.9 Å². The molecule has 41 heavy (non-hydrogen) atoms. The molecule has 0 saturated carbocycles. The summed E-state index contributed by atoms with van der Waals surface area (Å²) < 4.78 is 5.35. The second-order valence-corrected chi connectivity index (χ2v) is 9.96. The molecule has 1 saturated heterocycles. The highest BCUT2D eigenvalue weighted by Crippen LogP contribution is 2.48. The van der Waals surface area contributed by atoms with Crippen LogP contribution in [-0.4, -0.2) is 54.3 Å². The van der Waals surface area contributed by atoms with E-state index < -0.39 is 23.9 Å². The number of imide groups is 1. The molecule has 2 N–H and O–H groups in total. The number of benzene rings is 2. The summed E-state index contributed by atoms with van der Waals surface area (Å²) in [5.41, 5.74) is 4.13. The van der Waals surface area contributed by atoms with E-state index in [4.69, 9.17) is 9.57 Å². The second-order valence-electron chi connectivity index (χ2n) is 9.96. The van der Waals surface area contributed by atoms with Gasteiger partial charge in [0.05, 0.1) is 0 Å². The number of hydroxylamine groups is 2. The van der Waals surface area contributed by atoms with Crippen LogP contribution in [0.15, 0.2) is 36.4 Å². The number of Topliss-reactive ketones (excluding diaryl/α,β-unsaturated/α-hetero) is 1. The van der Waals surface area contributed by atoms with Crippen LogP contribution in [0.2, 0.25) is 0 Å². The second kappa shape index (κ2) is 13.2. The number of amides is 4. The molecule has 2 aromatic carbocycles. The van der Waals surface area contributed by atoms with Gasteiger partial charge in [0.25, 0.3) is 11.8 Å². The molecule has 216 valence electrons. The first-order valence-corrected chi connectivity index (χ1v) is 13.7. The Morgan fingerprint density at radius 2 is 1.66 bits per heavy atom. The summed E-state index contributed by atoms with van der Waals surface area (Å²) in [5.74, 6) is -2.12. The van der Waals surface area contributed by atoms with E-state index in [0.29, 0.717) is 29.2 Å². The van der Waals surface area contributed by atoms with Crippen LogP contribution >= 0.6 is 0 Å². The van der Waals surface area contributed by atoms with E-state index in [1.807, 2.05) is 19.1 Å². The molecule has 0 radical (unpaired) electrons. The number of unbranched alkanes of at least 4 members (excludes halogenated alkanes) is 1. The lowest BCUT2D eigenvalue weighted by molar-refractivity contribution is -0.177. The summed E-state index contributed by atoms with van der Waals surface area (Å²) >= 11 is 0. The summed E-state index contributed by atoms with van der Waals surface area (Å²) in [4.78, 5) is 78.0. The number of nitrogens with zero attached hydrogens (tertiary/aromatic N) is 1.